The number of aromatic nitrogens is 3. The molecule has 0 bridgehead atoms. The summed E-state index contributed by atoms with van der Waals surface area (Å²) in [6.45, 7) is 3.98. The third-order valence-electron chi connectivity index (χ3n) is 2.60. The Morgan fingerprint density at radius 2 is 2.25 bits per heavy atom. The highest BCUT2D eigenvalue weighted by Crippen LogP contribution is 2.20. The fraction of sp³-hybridized carbons (Fsp3) is 0.308. The Hall–Kier alpha value is -2.57. The van der Waals surface area contributed by atoms with Crippen LogP contribution in [0.15, 0.2) is 29.2 Å². The number of rotatable bonds is 5. The quantitative estimate of drug-likeness (QED) is 0.621. The molecular formula is C13H19N7. The maximum atomic E-state index is 5.58. The van der Waals surface area contributed by atoms with E-state index in [-0.39, 0.29) is 6.04 Å². The van der Waals surface area contributed by atoms with Gasteiger partial charge in [0, 0.05) is 31.7 Å². The highest BCUT2D eigenvalue weighted by molar-refractivity contribution is 5.89. The molecule has 106 valence electrons. The molecule has 0 amide bonds. The van der Waals surface area contributed by atoms with E-state index < -0.39 is 0 Å². The third-order valence-corrected chi connectivity index (χ3v) is 2.60. The first-order chi connectivity index (χ1) is 9.63. The van der Waals surface area contributed by atoms with Crippen molar-refractivity contribution in [3.63, 3.8) is 0 Å². The first-order valence-corrected chi connectivity index (χ1v) is 6.39. The van der Waals surface area contributed by atoms with Gasteiger partial charge < -0.3 is 21.4 Å². The molecule has 7 heteroatoms. The predicted octanol–water partition coefficient (Wildman–Crippen LogP) is 1.69. The molecule has 0 unspecified atom stereocenters. The van der Waals surface area contributed by atoms with Gasteiger partial charge in [0.1, 0.15) is 11.5 Å². The van der Waals surface area contributed by atoms with Crippen molar-refractivity contribution in [3.05, 3.63) is 24.2 Å². The van der Waals surface area contributed by atoms with Gasteiger partial charge in [0.15, 0.2) is 0 Å². The van der Waals surface area contributed by atoms with Crippen LogP contribution >= 0.6 is 0 Å². The minimum atomic E-state index is 0.200. The molecule has 7 nitrogen and oxygen atoms in total. The predicted molar refractivity (Wildman–Crippen MR) is 83.0 cm³/mol. The average Bonchev–Trinajstić information content (AvgIpc) is 2.90. The fourth-order valence-corrected chi connectivity index (χ4v) is 1.66. The first-order valence-electron chi connectivity index (χ1n) is 6.39. The summed E-state index contributed by atoms with van der Waals surface area (Å²) in [7, 11) is 1.82. The summed E-state index contributed by atoms with van der Waals surface area (Å²) in [4.78, 5) is 16.1. The summed E-state index contributed by atoms with van der Waals surface area (Å²) in [5.41, 5.74) is 6.97. The van der Waals surface area contributed by atoms with E-state index in [1.165, 1.54) is 6.20 Å². The van der Waals surface area contributed by atoms with Crippen LogP contribution in [0.4, 0.5) is 11.8 Å². The third kappa shape index (κ3) is 3.05. The summed E-state index contributed by atoms with van der Waals surface area (Å²) in [5.74, 6) is 1.20. The largest absolute Gasteiger partial charge is 0.403 e. The van der Waals surface area contributed by atoms with E-state index in [1.807, 2.05) is 33.2 Å². The van der Waals surface area contributed by atoms with Crippen molar-refractivity contribution in [1.82, 2.24) is 15.0 Å². The summed E-state index contributed by atoms with van der Waals surface area (Å²) < 4.78 is 0. The smallest absolute Gasteiger partial charge is 0.231 e. The van der Waals surface area contributed by atoms with E-state index >= 15 is 0 Å². The standard InChI is InChI=1S/C13H19N7/c1-8(2)17-7-9(6-14)18-13-19-11(15-3)10-4-5-16-12(10)20-13/h4-8H,14H2,1-3H3,(H3,15,16,18,19,20). The van der Waals surface area contributed by atoms with Gasteiger partial charge in [0.25, 0.3) is 0 Å². The van der Waals surface area contributed by atoms with Gasteiger partial charge in [-0.25, -0.2) is 0 Å². The number of nitrogens with one attached hydrogen (secondary N) is 3. The number of hydrogen-bond acceptors (Lipinski definition) is 6. The van der Waals surface area contributed by atoms with Crippen LogP contribution in [0.5, 0.6) is 0 Å². The number of nitrogens with zero attached hydrogens (tertiary/aromatic N) is 3. The molecular weight excluding hydrogens is 254 g/mol. The van der Waals surface area contributed by atoms with Crippen LogP contribution in [0.3, 0.4) is 0 Å². The van der Waals surface area contributed by atoms with E-state index in [0.717, 1.165) is 16.9 Å². The highest BCUT2D eigenvalue weighted by atomic mass is 15.2. The average molecular weight is 273 g/mol. The van der Waals surface area contributed by atoms with Gasteiger partial charge >= 0.3 is 0 Å². The Kier molecular flexibility index (Phi) is 4.19. The summed E-state index contributed by atoms with van der Waals surface area (Å²) in [6.07, 6.45) is 4.93. The van der Waals surface area contributed by atoms with Gasteiger partial charge in [-0.2, -0.15) is 9.97 Å². The fourth-order valence-electron chi connectivity index (χ4n) is 1.66. The molecule has 2 aromatic heterocycles. The Morgan fingerprint density at radius 1 is 1.45 bits per heavy atom. The summed E-state index contributed by atoms with van der Waals surface area (Å²) in [6, 6.07) is 2.12. The lowest BCUT2D eigenvalue weighted by atomic mass is 10.4. The van der Waals surface area contributed by atoms with E-state index in [2.05, 4.69) is 30.6 Å². The first kappa shape index (κ1) is 13.9. The topological polar surface area (TPSA) is 104 Å². The molecule has 0 atom stereocenters. The van der Waals surface area contributed by atoms with Crippen molar-refractivity contribution < 1.29 is 0 Å². The Bertz CT molecular complexity index is 639. The van der Waals surface area contributed by atoms with Gasteiger partial charge in [-0.05, 0) is 19.9 Å². The minimum Gasteiger partial charge on any atom is -0.403 e. The molecule has 0 aliphatic carbocycles. The summed E-state index contributed by atoms with van der Waals surface area (Å²) in [5, 5.41) is 7.02. The molecule has 0 spiro atoms. The van der Waals surface area contributed by atoms with Gasteiger partial charge in [-0.1, -0.05) is 0 Å². The van der Waals surface area contributed by atoms with Crippen molar-refractivity contribution in [2.45, 2.75) is 19.9 Å². The lowest BCUT2D eigenvalue weighted by molar-refractivity contribution is 0.840. The lowest BCUT2D eigenvalue weighted by Gasteiger charge is -2.08. The zero-order valence-electron chi connectivity index (χ0n) is 11.8. The second kappa shape index (κ2) is 6.05. The number of aromatic amines is 1. The maximum absolute atomic E-state index is 5.58. The van der Waals surface area contributed by atoms with Crippen LogP contribution in [-0.2, 0) is 0 Å². The van der Waals surface area contributed by atoms with Gasteiger partial charge in [0.05, 0.1) is 11.1 Å². The maximum Gasteiger partial charge on any atom is 0.231 e. The van der Waals surface area contributed by atoms with Gasteiger partial charge in [-0.15, -0.1) is 0 Å². The number of anilines is 2. The lowest BCUT2D eigenvalue weighted by Crippen LogP contribution is -2.09. The number of nitrogens with two attached hydrogens (primary N) is 1. The molecule has 2 heterocycles. The number of aliphatic imine (C=N–C) groups is 1. The van der Waals surface area contributed by atoms with Crippen molar-refractivity contribution in [2.75, 3.05) is 17.7 Å². The number of H-pyrrole nitrogens is 1. The molecule has 0 aliphatic rings. The van der Waals surface area contributed by atoms with E-state index in [9.17, 15) is 0 Å². The Balaban J connectivity index is 2.28. The Labute approximate surface area is 117 Å². The van der Waals surface area contributed by atoms with Crippen molar-refractivity contribution in [2.24, 2.45) is 10.7 Å². The van der Waals surface area contributed by atoms with Crippen molar-refractivity contribution in [3.8, 4) is 0 Å². The van der Waals surface area contributed by atoms with Crippen LogP contribution in [-0.4, -0.2) is 34.3 Å². The molecule has 0 aromatic carbocycles. The van der Waals surface area contributed by atoms with Crippen molar-refractivity contribution in [1.29, 1.82) is 0 Å². The van der Waals surface area contributed by atoms with Crippen LogP contribution in [0, 0.1) is 0 Å². The molecule has 20 heavy (non-hydrogen) atoms. The molecule has 0 fully saturated rings. The molecule has 5 N–H and O–H groups in total. The summed E-state index contributed by atoms with van der Waals surface area (Å²) >= 11 is 0. The molecule has 0 saturated carbocycles. The van der Waals surface area contributed by atoms with E-state index in [4.69, 9.17) is 5.73 Å². The molecule has 2 rings (SSSR count). The van der Waals surface area contributed by atoms with Crippen LogP contribution in [0.2, 0.25) is 0 Å². The monoisotopic (exact) mass is 273 g/mol. The van der Waals surface area contributed by atoms with Gasteiger partial charge in [0.2, 0.25) is 5.95 Å². The second-order valence-electron chi connectivity index (χ2n) is 4.50. The zero-order chi connectivity index (χ0) is 14.5. The highest BCUT2D eigenvalue weighted by Gasteiger charge is 2.07. The molecule has 2 aromatic rings. The Morgan fingerprint density at radius 3 is 2.90 bits per heavy atom. The second-order valence-corrected chi connectivity index (χ2v) is 4.50. The number of hydrogen-bond donors (Lipinski definition) is 4. The van der Waals surface area contributed by atoms with Crippen LogP contribution in [0.1, 0.15) is 13.8 Å². The van der Waals surface area contributed by atoms with Gasteiger partial charge in [-0.3, -0.25) is 4.99 Å². The molecule has 0 radical (unpaired) electrons. The van der Waals surface area contributed by atoms with Crippen molar-refractivity contribution >= 4 is 29.0 Å². The van der Waals surface area contributed by atoms with E-state index in [0.29, 0.717) is 11.6 Å². The molecule has 0 saturated heterocycles. The zero-order valence-corrected chi connectivity index (χ0v) is 11.8. The normalized spacial score (nSPS) is 12.5. The van der Waals surface area contributed by atoms with E-state index in [1.54, 1.807) is 6.21 Å². The minimum absolute atomic E-state index is 0.200. The van der Waals surface area contributed by atoms with Crippen LogP contribution in [0.25, 0.3) is 11.0 Å². The number of fused-ring (bicyclic) bond motifs is 1. The molecule has 0 aliphatic heterocycles. The SMILES string of the molecule is CNc1nc(NC(C=NC(C)C)=CN)nc2[nH]ccc12. The van der Waals surface area contributed by atoms with Crippen LogP contribution < -0.4 is 16.4 Å². The number of allylic oxidation sites excluding steroid dienone is 1.